The lowest BCUT2D eigenvalue weighted by atomic mass is 10.0. The number of nitrogens with zero attached hydrogens (tertiary/aromatic N) is 3. The molecule has 1 unspecified atom stereocenters. The monoisotopic (exact) mass is 244 g/mol. The average Bonchev–Trinajstić information content (AvgIpc) is 2.77. The van der Waals surface area contributed by atoms with Crippen LogP contribution in [0.5, 0.6) is 0 Å². The molecule has 0 fully saturated rings. The third kappa shape index (κ3) is 3.17. The van der Waals surface area contributed by atoms with Gasteiger partial charge in [-0.3, -0.25) is 4.68 Å². The summed E-state index contributed by atoms with van der Waals surface area (Å²) in [5.41, 5.74) is 2.65. The van der Waals surface area contributed by atoms with Gasteiger partial charge >= 0.3 is 0 Å². The van der Waals surface area contributed by atoms with Crippen molar-refractivity contribution in [2.24, 2.45) is 7.05 Å². The summed E-state index contributed by atoms with van der Waals surface area (Å²) in [6.45, 7) is 2.11. The van der Waals surface area contributed by atoms with E-state index in [1.807, 2.05) is 18.8 Å². The fraction of sp³-hybridized carbons (Fsp3) is 0.429. The van der Waals surface area contributed by atoms with Gasteiger partial charge in [-0.2, -0.15) is 5.10 Å². The summed E-state index contributed by atoms with van der Waals surface area (Å²) in [7, 11) is 3.93. The minimum atomic E-state index is 0.385. The first kappa shape index (κ1) is 12.8. The van der Waals surface area contributed by atoms with Crippen molar-refractivity contribution in [1.82, 2.24) is 20.1 Å². The van der Waals surface area contributed by atoms with Crippen LogP contribution in [0.2, 0.25) is 0 Å². The predicted octanol–water partition coefficient (Wildman–Crippen LogP) is 1.50. The molecule has 0 aliphatic carbocycles. The molecule has 1 atom stereocenters. The third-order valence-corrected chi connectivity index (χ3v) is 3.25. The normalized spacial score (nSPS) is 12.6. The SMILES string of the molecule is CNC(Cc1ccc(C)cc1)Cc1ncnn1C. The summed E-state index contributed by atoms with van der Waals surface area (Å²) in [5, 5.41) is 7.45. The molecule has 0 saturated carbocycles. The summed E-state index contributed by atoms with van der Waals surface area (Å²) in [4.78, 5) is 4.27. The summed E-state index contributed by atoms with van der Waals surface area (Å²) >= 11 is 0. The van der Waals surface area contributed by atoms with Crippen LogP contribution in [0.4, 0.5) is 0 Å². The number of aryl methyl sites for hydroxylation is 2. The van der Waals surface area contributed by atoms with E-state index in [0.717, 1.165) is 18.7 Å². The maximum absolute atomic E-state index is 4.27. The van der Waals surface area contributed by atoms with Crippen molar-refractivity contribution in [2.45, 2.75) is 25.8 Å². The number of aromatic nitrogens is 3. The summed E-state index contributed by atoms with van der Waals surface area (Å²) < 4.78 is 1.83. The molecule has 4 nitrogen and oxygen atoms in total. The van der Waals surface area contributed by atoms with E-state index in [1.165, 1.54) is 11.1 Å². The van der Waals surface area contributed by atoms with E-state index in [9.17, 15) is 0 Å². The molecule has 0 spiro atoms. The van der Waals surface area contributed by atoms with Crippen LogP contribution in [0.25, 0.3) is 0 Å². The molecule has 0 saturated heterocycles. The lowest BCUT2D eigenvalue weighted by molar-refractivity contribution is 0.527. The second-order valence-corrected chi connectivity index (χ2v) is 4.68. The van der Waals surface area contributed by atoms with Gasteiger partial charge < -0.3 is 5.32 Å². The Morgan fingerprint density at radius 1 is 1.22 bits per heavy atom. The van der Waals surface area contributed by atoms with Gasteiger partial charge in [-0.05, 0) is 26.0 Å². The molecule has 1 aromatic carbocycles. The summed E-state index contributed by atoms with van der Waals surface area (Å²) in [6, 6.07) is 9.08. The Morgan fingerprint density at radius 2 is 1.94 bits per heavy atom. The van der Waals surface area contributed by atoms with Crippen LogP contribution in [0.15, 0.2) is 30.6 Å². The molecule has 2 rings (SSSR count). The van der Waals surface area contributed by atoms with Crippen molar-refractivity contribution in [3.8, 4) is 0 Å². The zero-order valence-corrected chi connectivity index (χ0v) is 11.2. The summed E-state index contributed by atoms with van der Waals surface area (Å²) in [5.74, 6) is 1.02. The van der Waals surface area contributed by atoms with Crippen molar-refractivity contribution < 1.29 is 0 Å². The van der Waals surface area contributed by atoms with Gasteiger partial charge in [0.1, 0.15) is 12.2 Å². The minimum absolute atomic E-state index is 0.385. The Balaban J connectivity index is 2.01. The molecule has 0 aliphatic rings. The van der Waals surface area contributed by atoms with Crippen molar-refractivity contribution in [1.29, 1.82) is 0 Å². The molecule has 96 valence electrons. The highest BCUT2D eigenvalue weighted by atomic mass is 15.3. The lowest BCUT2D eigenvalue weighted by Crippen LogP contribution is -2.31. The third-order valence-electron chi connectivity index (χ3n) is 3.25. The molecular weight excluding hydrogens is 224 g/mol. The topological polar surface area (TPSA) is 42.7 Å². The highest BCUT2D eigenvalue weighted by molar-refractivity contribution is 5.22. The Bertz CT molecular complexity index is 487. The maximum atomic E-state index is 4.27. The van der Waals surface area contributed by atoms with Crippen LogP contribution < -0.4 is 5.32 Å². The van der Waals surface area contributed by atoms with Crippen LogP contribution in [0, 0.1) is 6.92 Å². The van der Waals surface area contributed by atoms with Gasteiger partial charge in [0.25, 0.3) is 0 Å². The number of hydrogen-bond donors (Lipinski definition) is 1. The first-order valence-electron chi connectivity index (χ1n) is 6.24. The van der Waals surface area contributed by atoms with Gasteiger partial charge in [-0.15, -0.1) is 0 Å². The first-order valence-corrected chi connectivity index (χ1v) is 6.24. The molecule has 1 N–H and O–H groups in total. The van der Waals surface area contributed by atoms with Crippen molar-refractivity contribution in [3.63, 3.8) is 0 Å². The fourth-order valence-electron chi connectivity index (χ4n) is 2.01. The van der Waals surface area contributed by atoms with Crippen LogP contribution >= 0.6 is 0 Å². The largest absolute Gasteiger partial charge is 0.316 e. The molecule has 1 heterocycles. The smallest absolute Gasteiger partial charge is 0.138 e. The molecule has 0 bridgehead atoms. The molecule has 0 amide bonds. The molecule has 2 aromatic rings. The van der Waals surface area contributed by atoms with Gasteiger partial charge in [0.15, 0.2) is 0 Å². The zero-order valence-electron chi connectivity index (χ0n) is 11.2. The van der Waals surface area contributed by atoms with Gasteiger partial charge in [0, 0.05) is 19.5 Å². The second kappa shape index (κ2) is 5.78. The zero-order chi connectivity index (χ0) is 13.0. The van der Waals surface area contributed by atoms with E-state index in [2.05, 4.69) is 46.6 Å². The number of benzene rings is 1. The van der Waals surface area contributed by atoms with E-state index < -0.39 is 0 Å². The molecule has 0 radical (unpaired) electrons. The van der Waals surface area contributed by atoms with E-state index in [0.29, 0.717) is 6.04 Å². The molecular formula is C14H20N4. The quantitative estimate of drug-likeness (QED) is 0.866. The van der Waals surface area contributed by atoms with Crippen molar-refractivity contribution >= 4 is 0 Å². The van der Waals surface area contributed by atoms with Gasteiger partial charge in [-0.25, -0.2) is 4.98 Å². The average molecular weight is 244 g/mol. The van der Waals surface area contributed by atoms with Gasteiger partial charge in [-0.1, -0.05) is 29.8 Å². The number of hydrogen-bond acceptors (Lipinski definition) is 3. The second-order valence-electron chi connectivity index (χ2n) is 4.68. The van der Waals surface area contributed by atoms with E-state index in [4.69, 9.17) is 0 Å². The van der Waals surface area contributed by atoms with Crippen LogP contribution in [-0.2, 0) is 19.9 Å². The van der Waals surface area contributed by atoms with Gasteiger partial charge in [0.05, 0.1) is 0 Å². The van der Waals surface area contributed by atoms with Crippen LogP contribution in [-0.4, -0.2) is 27.9 Å². The molecule has 4 heteroatoms. The van der Waals surface area contributed by atoms with Crippen LogP contribution in [0.1, 0.15) is 17.0 Å². The molecule has 1 aromatic heterocycles. The van der Waals surface area contributed by atoms with E-state index >= 15 is 0 Å². The fourth-order valence-corrected chi connectivity index (χ4v) is 2.01. The maximum Gasteiger partial charge on any atom is 0.138 e. The predicted molar refractivity (Wildman–Crippen MR) is 72.4 cm³/mol. The Hall–Kier alpha value is -1.68. The Kier molecular flexibility index (Phi) is 4.10. The standard InChI is InChI=1S/C14H20N4/c1-11-4-6-12(7-5-11)8-13(15-2)9-14-16-10-17-18(14)3/h4-7,10,13,15H,8-9H2,1-3H3. The summed E-state index contributed by atoms with van der Waals surface area (Å²) in [6.07, 6.45) is 3.50. The molecule has 18 heavy (non-hydrogen) atoms. The number of likely N-dealkylation sites (N-methyl/N-ethyl adjacent to an activating group) is 1. The van der Waals surface area contributed by atoms with Crippen molar-refractivity contribution in [2.75, 3.05) is 7.05 Å². The van der Waals surface area contributed by atoms with E-state index in [-0.39, 0.29) is 0 Å². The highest BCUT2D eigenvalue weighted by Crippen LogP contribution is 2.08. The lowest BCUT2D eigenvalue weighted by Gasteiger charge is -2.15. The number of nitrogens with one attached hydrogen (secondary N) is 1. The minimum Gasteiger partial charge on any atom is -0.316 e. The highest BCUT2D eigenvalue weighted by Gasteiger charge is 2.11. The first-order chi connectivity index (χ1) is 8.69. The van der Waals surface area contributed by atoms with Gasteiger partial charge in [0.2, 0.25) is 0 Å². The number of rotatable bonds is 5. The van der Waals surface area contributed by atoms with E-state index in [1.54, 1.807) is 6.33 Å². The Morgan fingerprint density at radius 3 is 2.50 bits per heavy atom. The Labute approximate surface area is 108 Å². The molecule has 0 aliphatic heterocycles. The van der Waals surface area contributed by atoms with Crippen molar-refractivity contribution in [3.05, 3.63) is 47.5 Å². The van der Waals surface area contributed by atoms with Crippen LogP contribution in [0.3, 0.4) is 0 Å².